The molecule has 0 aliphatic carbocycles. The van der Waals surface area contributed by atoms with E-state index >= 15 is 0 Å². The first kappa shape index (κ1) is 19.3. The zero-order valence-corrected chi connectivity index (χ0v) is 16.8. The van der Waals surface area contributed by atoms with Gasteiger partial charge >= 0.3 is 0 Å². The minimum atomic E-state index is -3.08. The van der Waals surface area contributed by atoms with Crippen molar-refractivity contribution in [3.8, 4) is 5.69 Å². The molecule has 0 amide bonds. The van der Waals surface area contributed by atoms with Crippen molar-refractivity contribution in [3.63, 3.8) is 0 Å². The molecule has 8 nitrogen and oxygen atoms in total. The molecule has 1 fully saturated rings. The van der Waals surface area contributed by atoms with Gasteiger partial charge < -0.3 is 10.2 Å². The zero-order valence-electron chi connectivity index (χ0n) is 16.0. The van der Waals surface area contributed by atoms with E-state index in [0.29, 0.717) is 19.6 Å². The summed E-state index contributed by atoms with van der Waals surface area (Å²) in [6.07, 6.45) is 3.16. The highest BCUT2D eigenvalue weighted by Gasteiger charge is 2.40. The van der Waals surface area contributed by atoms with E-state index < -0.39 is 14.6 Å². The van der Waals surface area contributed by atoms with Crippen molar-refractivity contribution in [2.75, 3.05) is 25.4 Å². The molecule has 1 aliphatic heterocycles. The van der Waals surface area contributed by atoms with E-state index in [4.69, 9.17) is 4.99 Å². The lowest BCUT2D eigenvalue weighted by atomic mass is 10.2. The third kappa shape index (κ3) is 4.29. The molecule has 9 heteroatoms. The van der Waals surface area contributed by atoms with Gasteiger partial charge in [0.1, 0.15) is 12.7 Å². The number of hydrogen-bond donors (Lipinski definition) is 1. The van der Waals surface area contributed by atoms with E-state index in [1.165, 1.54) is 6.33 Å². The van der Waals surface area contributed by atoms with Gasteiger partial charge in [0.05, 0.1) is 22.7 Å². The van der Waals surface area contributed by atoms with Crippen LogP contribution in [0.15, 0.2) is 41.9 Å². The Balaban J connectivity index is 1.78. The second kappa shape index (κ2) is 7.67. The predicted molar refractivity (Wildman–Crippen MR) is 106 cm³/mol. The van der Waals surface area contributed by atoms with Gasteiger partial charge in [-0.3, -0.25) is 0 Å². The molecule has 2 aromatic rings. The second-order valence-corrected chi connectivity index (χ2v) is 9.92. The van der Waals surface area contributed by atoms with Crippen LogP contribution in [0, 0.1) is 0 Å². The molecular formula is C18H26N6O2S. The van der Waals surface area contributed by atoms with Gasteiger partial charge in [-0.1, -0.05) is 12.1 Å². The number of aromatic nitrogens is 3. The molecule has 146 valence electrons. The van der Waals surface area contributed by atoms with Gasteiger partial charge in [0.15, 0.2) is 15.8 Å². The Labute approximate surface area is 160 Å². The Morgan fingerprint density at radius 2 is 2.19 bits per heavy atom. The third-order valence-corrected chi connectivity index (χ3v) is 7.22. The van der Waals surface area contributed by atoms with Crippen LogP contribution >= 0.6 is 0 Å². The first-order valence-corrected chi connectivity index (χ1v) is 10.7. The van der Waals surface area contributed by atoms with Crippen LogP contribution in [0.25, 0.3) is 5.69 Å². The fourth-order valence-corrected chi connectivity index (χ4v) is 4.42. The SMILES string of the molecule is CCNC(=NCc1cccc(-n2cncn2)c1)N1CCS(=O)(=O)C(C)(C)C1. The van der Waals surface area contributed by atoms with Gasteiger partial charge in [0, 0.05) is 19.6 Å². The largest absolute Gasteiger partial charge is 0.357 e. The Hall–Kier alpha value is -2.42. The van der Waals surface area contributed by atoms with E-state index in [2.05, 4.69) is 15.4 Å². The van der Waals surface area contributed by atoms with Crippen molar-refractivity contribution in [2.24, 2.45) is 4.99 Å². The lowest BCUT2D eigenvalue weighted by Crippen LogP contribution is -2.57. The number of rotatable bonds is 4. The van der Waals surface area contributed by atoms with Gasteiger partial charge in [0.25, 0.3) is 0 Å². The van der Waals surface area contributed by atoms with E-state index in [1.807, 2.05) is 36.1 Å². The van der Waals surface area contributed by atoms with Crippen LogP contribution in [-0.4, -0.2) is 64.2 Å². The highest BCUT2D eigenvalue weighted by Crippen LogP contribution is 2.23. The molecule has 2 heterocycles. The molecule has 0 atom stereocenters. The lowest BCUT2D eigenvalue weighted by molar-refractivity contribution is 0.353. The number of nitrogens with zero attached hydrogens (tertiary/aromatic N) is 5. The summed E-state index contributed by atoms with van der Waals surface area (Å²) in [5.74, 6) is 0.887. The standard InChI is InChI=1S/C18H26N6O2S/c1-4-20-17(23-8-9-27(25,26)18(2,3)12-23)21-11-15-6-5-7-16(10-15)24-14-19-13-22-24/h5-7,10,13-14H,4,8-9,11-12H2,1-3H3,(H,20,21). The fourth-order valence-electron chi connectivity index (χ4n) is 3.06. The van der Waals surface area contributed by atoms with E-state index in [1.54, 1.807) is 24.9 Å². The van der Waals surface area contributed by atoms with Crippen molar-refractivity contribution in [1.82, 2.24) is 25.0 Å². The van der Waals surface area contributed by atoms with Crippen molar-refractivity contribution >= 4 is 15.8 Å². The predicted octanol–water partition coefficient (Wildman–Crippen LogP) is 1.24. The van der Waals surface area contributed by atoms with Gasteiger partial charge in [-0.25, -0.2) is 23.1 Å². The van der Waals surface area contributed by atoms with Crippen LogP contribution in [0.3, 0.4) is 0 Å². The lowest BCUT2D eigenvalue weighted by Gasteiger charge is -2.39. The number of sulfone groups is 1. The van der Waals surface area contributed by atoms with Crippen LogP contribution in [0.2, 0.25) is 0 Å². The van der Waals surface area contributed by atoms with Crippen LogP contribution in [-0.2, 0) is 16.4 Å². The molecule has 0 unspecified atom stereocenters. The topological polar surface area (TPSA) is 92.5 Å². The average Bonchev–Trinajstić information content (AvgIpc) is 3.16. The maximum absolute atomic E-state index is 12.3. The summed E-state index contributed by atoms with van der Waals surface area (Å²) in [6.45, 7) is 7.67. The number of nitrogens with one attached hydrogen (secondary N) is 1. The van der Waals surface area contributed by atoms with Crippen LogP contribution in [0.4, 0.5) is 0 Å². The average molecular weight is 391 g/mol. The maximum atomic E-state index is 12.3. The summed E-state index contributed by atoms with van der Waals surface area (Å²) in [5.41, 5.74) is 1.97. The van der Waals surface area contributed by atoms with E-state index in [9.17, 15) is 8.42 Å². The Bertz CT molecular complexity index is 906. The Kier molecular flexibility index (Phi) is 5.50. The third-order valence-electron chi connectivity index (χ3n) is 4.68. The zero-order chi connectivity index (χ0) is 19.5. The molecular weight excluding hydrogens is 364 g/mol. The quantitative estimate of drug-likeness (QED) is 0.624. The molecule has 0 spiro atoms. The molecule has 1 N–H and O–H groups in total. The number of guanidine groups is 1. The smallest absolute Gasteiger partial charge is 0.194 e. The molecule has 0 bridgehead atoms. The monoisotopic (exact) mass is 390 g/mol. The van der Waals surface area contributed by atoms with Gasteiger partial charge in [-0.05, 0) is 38.5 Å². The molecule has 1 aromatic heterocycles. The molecule has 0 saturated carbocycles. The normalized spacial score (nSPS) is 19.1. The number of hydrogen-bond acceptors (Lipinski definition) is 5. The van der Waals surface area contributed by atoms with Gasteiger partial charge in [-0.2, -0.15) is 5.10 Å². The molecule has 27 heavy (non-hydrogen) atoms. The molecule has 1 saturated heterocycles. The van der Waals surface area contributed by atoms with E-state index in [0.717, 1.165) is 23.8 Å². The van der Waals surface area contributed by atoms with Gasteiger partial charge in [0.2, 0.25) is 0 Å². The van der Waals surface area contributed by atoms with Crippen molar-refractivity contribution in [2.45, 2.75) is 32.1 Å². The summed E-state index contributed by atoms with van der Waals surface area (Å²) in [7, 11) is -3.08. The molecule has 1 aromatic carbocycles. The van der Waals surface area contributed by atoms with Crippen molar-refractivity contribution in [1.29, 1.82) is 0 Å². The summed E-state index contributed by atoms with van der Waals surface area (Å²) in [6, 6.07) is 7.96. The molecule has 3 rings (SSSR count). The Morgan fingerprint density at radius 3 is 2.85 bits per heavy atom. The first-order chi connectivity index (χ1) is 12.8. The number of benzene rings is 1. The summed E-state index contributed by atoms with van der Waals surface area (Å²) in [4.78, 5) is 10.7. The fraction of sp³-hybridized carbons (Fsp3) is 0.500. The highest BCUT2D eigenvalue weighted by atomic mass is 32.2. The summed E-state index contributed by atoms with van der Waals surface area (Å²) < 4.78 is 25.4. The van der Waals surface area contributed by atoms with Crippen molar-refractivity contribution < 1.29 is 8.42 Å². The van der Waals surface area contributed by atoms with E-state index in [-0.39, 0.29) is 5.75 Å². The minimum absolute atomic E-state index is 0.145. The summed E-state index contributed by atoms with van der Waals surface area (Å²) in [5, 5.41) is 7.43. The van der Waals surface area contributed by atoms with Crippen LogP contribution in [0.1, 0.15) is 26.3 Å². The van der Waals surface area contributed by atoms with Crippen molar-refractivity contribution in [3.05, 3.63) is 42.5 Å². The molecule has 0 radical (unpaired) electrons. The molecule has 1 aliphatic rings. The Morgan fingerprint density at radius 1 is 1.37 bits per heavy atom. The maximum Gasteiger partial charge on any atom is 0.194 e. The first-order valence-electron chi connectivity index (χ1n) is 9.02. The second-order valence-electron chi connectivity index (χ2n) is 7.18. The number of aliphatic imine (C=N–C) groups is 1. The van der Waals surface area contributed by atoms with Gasteiger partial charge in [-0.15, -0.1) is 0 Å². The van der Waals surface area contributed by atoms with Crippen LogP contribution < -0.4 is 5.32 Å². The van der Waals surface area contributed by atoms with Crippen LogP contribution in [0.5, 0.6) is 0 Å². The summed E-state index contributed by atoms with van der Waals surface area (Å²) >= 11 is 0. The highest BCUT2D eigenvalue weighted by molar-refractivity contribution is 7.92. The minimum Gasteiger partial charge on any atom is -0.357 e.